The van der Waals surface area contributed by atoms with Gasteiger partial charge < -0.3 is 15.7 Å². The minimum Gasteiger partial charge on any atom is -0.477 e. The quantitative estimate of drug-likeness (QED) is 0.493. The fourth-order valence-corrected chi connectivity index (χ4v) is 3.73. The van der Waals surface area contributed by atoms with Crippen LogP contribution in [-0.4, -0.2) is 17.0 Å². The second kappa shape index (κ2) is 10.1. The maximum Gasteiger partial charge on any atom is 0.352 e. The van der Waals surface area contributed by atoms with E-state index in [1.54, 1.807) is 18.2 Å². The van der Waals surface area contributed by atoms with E-state index in [0.29, 0.717) is 22.9 Å². The van der Waals surface area contributed by atoms with E-state index in [-0.39, 0.29) is 11.6 Å². The van der Waals surface area contributed by atoms with Gasteiger partial charge in [0.2, 0.25) is 5.91 Å². The fraction of sp³-hybridized carbons (Fsp3) is 0.304. The number of para-hydroxylation sites is 1. The van der Waals surface area contributed by atoms with Crippen molar-refractivity contribution in [3.8, 4) is 0 Å². The molecule has 0 aliphatic heterocycles. The topological polar surface area (TPSA) is 78.4 Å². The number of carbonyl (C=O) groups is 2. The van der Waals surface area contributed by atoms with E-state index in [2.05, 4.69) is 10.6 Å². The van der Waals surface area contributed by atoms with Gasteiger partial charge in [-0.05, 0) is 48.2 Å². The summed E-state index contributed by atoms with van der Waals surface area (Å²) in [4.78, 5) is 23.7. The van der Waals surface area contributed by atoms with Gasteiger partial charge in [0.25, 0.3) is 0 Å². The third-order valence-electron chi connectivity index (χ3n) is 5.13. The summed E-state index contributed by atoms with van der Waals surface area (Å²) in [5, 5.41) is 15.8. The van der Waals surface area contributed by atoms with Crippen LogP contribution in [0, 0.1) is 5.92 Å². The number of anilines is 2. The van der Waals surface area contributed by atoms with Crippen molar-refractivity contribution in [1.82, 2.24) is 5.32 Å². The number of carboxylic acids is 1. The van der Waals surface area contributed by atoms with Gasteiger partial charge in [-0.15, -0.1) is 0 Å². The highest BCUT2D eigenvalue weighted by Crippen LogP contribution is 2.28. The van der Waals surface area contributed by atoms with Gasteiger partial charge in [-0.3, -0.25) is 4.79 Å². The first-order valence-electron chi connectivity index (χ1n) is 9.88. The smallest absolute Gasteiger partial charge is 0.352 e. The number of carbonyl (C=O) groups excluding carboxylic acids is 1. The molecule has 0 spiro atoms. The Kier molecular flexibility index (Phi) is 7.30. The normalized spacial score (nSPS) is 14.6. The van der Waals surface area contributed by atoms with Crippen LogP contribution in [0.1, 0.15) is 44.1 Å². The largest absolute Gasteiger partial charge is 0.477 e. The van der Waals surface area contributed by atoms with Gasteiger partial charge in [0, 0.05) is 12.1 Å². The van der Waals surface area contributed by atoms with Crippen molar-refractivity contribution >= 4 is 40.9 Å². The lowest BCUT2D eigenvalue weighted by Crippen LogP contribution is -2.27. The Morgan fingerprint density at radius 3 is 2.41 bits per heavy atom. The Hall–Kier alpha value is -2.79. The summed E-state index contributed by atoms with van der Waals surface area (Å²) in [6.45, 7) is 0. The molecule has 0 saturated heterocycles. The monoisotopic (exact) mass is 412 g/mol. The molecule has 0 bridgehead atoms. The van der Waals surface area contributed by atoms with E-state index in [1.165, 1.54) is 31.8 Å². The van der Waals surface area contributed by atoms with Crippen molar-refractivity contribution in [1.29, 1.82) is 0 Å². The molecule has 3 N–H and O–H groups in total. The van der Waals surface area contributed by atoms with Gasteiger partial charge in [0.05, 0.1) is 10.7 Å². The average Bonchev–Trinajstić information content (AvgIpc) is 3.23. The molecule has 0 heterocycles. The molecule has 2 aromatic rings. The Morgan fingerprint density at radius 1 is 1.07 bits per heavy atom. The molecule has 0 radical (unpaired) electrons. The van der Waals surface area contributed by atoms with Crippen LogP contribution in [0.3, 0.4) is 0 Å². The Balaban J connectivity index is 1.61. The van der Waals surface area contributed by atoms with Crippen LogP contribution in [-0.2, 0) is 9.59 Å². The molecule has 152 valence electrons. The van der Waals surface area contributed by atoms with Gasteiger partial charge in [0.15, 0.2) is 0 Å². The van der Waals surface area contributed by atoms with Crippen LogP contribution >= 0.6 is 11.6 Å². The molecular formula is C23H25ClN2O3. The molecule has 1 saturated carbocycles. The number of nitrogens with one attached hydrogen (secondary N) is 2. The first-order chi connectivity index (χ1) is 14.0. The zero-order valence-electron chi connectivity index (χ0n) is 16.2. The van der Waals surface area contributed by atoms with E-state index < -0.39 is 5.97 Å². The summed E-state index contributed by atoms with van der Waals surface area (Å²) in [5.41, 5.74) is 2.18. The third kappa shape index (κ3) is 6.36. The minimum absolute atomic E-state index is 0.117. The summed E-state index contributed by atoms with van der Waals surface area (Å²) in [7, 11) is 0. The van der Waals surface area contributed by atoms with Gasteiger partial charge in [-0.1, -0.05) is 61.5 Å². The lowest BCUT2D eigenvalue weighted by atomic mass is 10.0. The molecule has 3 rings (SSSR count). The standard InChI is InChI=1S/C23H25ClN2O3/c24-19-7-3-4-8-20(19)25-18-12-9-17(10-13-18)15-21(23(28)29)26-22(27)14-11-16-5-1-2-6-16/h3-4,7-10,12-13,15-16,25H,1-2,5-6,11,14H2,(H,26,27)(H,28,29). The van der Waals surface area contributed by atoms with Crippen LogP contribution in [0.15, 0.2) is 54.2 Å². The lowest BCUT2D eigenvalue weighted by Gasteiger charge is -2.10. The molecule has 1 aliphatic carbocycles. The number of hydrogen-bond acceptors (Lipinski definition) is 3. The van der Waals surface area contributed by atoms with Crippen LogP contribution in [0.25, 0.3) is 6.08 Å². The summed E-state index contributed by atoms with van der Waals surface area (Å²) in [6, 6.07) is 14.7. The predicted molar refractivity (Wildman–Crippen MR) is 116 cm³/mol. The molecule has 5 nitrogen and oxygen atoms in total. The van der Waals surface area contributed by atoms with Crippen molar-refractivity contribution in [2.45, 2.75) is 38.5 Å². The summed E-state index contributed by atoms with van der Waals surface area (Å²) < 4.78 is 0. The number of amides is 1. The van der Waals surface area contributed by atoms with Crippen molar-refractivity contribution in [3.63, 3.8) is 0 Å². The van der Waals surface area contributed by atoms with Gasteiger partial charge >= 0.3 is 5.97 Å². The third-order valence-corrected chi connectivity index (χ3v) is 5.46. The van der Waals surface area contributed by atoms with E-state index in [4.69, 9.17) is 11.6 Å². The van der Waals surface area contributed by atoms with E-state index in [1.807, 2.05) is 30.3 Å². The molecule has 0 atom stereocenters. The highest BCUT2D eigenvalue weighted by molar-refractivity contribution is 6.33. The van der Waals surface area contributed by atoms with E-state index >= 15 is 0 Å². The molecule has 1 fully saturated rings. The average molecular weight is 413 g/mol. The van der Waals surface area contributed by atoms with Crippen molar-refractivity contribution in [3.05, 3.63) is 64.8 Å². The van der Waals surface area contributed by atoms with E-state index in [9.17, 15) is 14.7 Å². The first-order valence-corrected chi connectivity index (χ1v) is 10.3. The first kappa shape index (κ1) is 20.9. The zero-order valence-corrected chi connectivity index (χ0v) is 16.9. The summed E-state index contributed by atoms with van der Waals surface area (Å²) >= 11 is 6.15. The van der Waals surface area contributed by atoms with Crippen LogP contribution in [0.4, 0.5) is 11.4 Å². The number of benzene rings is 2. The Bertz CT molecular complexity index is 887. The van der Waals surface area contributed by atoms with Crippen molar-refractivity contribution < 1.29 is 14.7 Å². The second-order valence-corrected chi connectivity index (χ2v) is 7.73. The van der Waals surface area contributed by atoms with Crippen LogP contribution < -0.4 is 10.6 Å². The number of halogens is 1. The SMILES string of the molecule is O=C(CCC1CCCC1)NC(=Cc1ccc(Nc2ccccc2Cl)cc1)C(=O)O. The predicted octanol–water partition coefficient (Wildman–Crippen LogP) is 5.60. The van der Waals surface area contributed by atoms with Gasteiger partial charge in [-0.25, -0.2) is 4.79 Å². The minimum atomic E-state index is -1.16. The maximum atomic E-state index is 12.2. The summed E-state index contributed by atoms with van der Waals surface area (Å²) in [6.07, 6.45) is 7.45. The van der Waals surface area contributed by atoms with Crippen molar-refractivity contribution in [2.24, 2.45) is 5.92 Å². The number of rotatable bonds is 8. The molecule has 2 aromatic carbocycles. The molecule has 0 aromatic heterocycles. The molecule has 6 heteroatoms. The van der Waals surface area contributed by atoms with Gasteiger partial charge in [-0.2, -0.15) is 0 Å². The van der Waals surface area contributed by atoms with E-state index in [0.717, 1.165) is 17.8 Å². The van der Waals surface area contributed by atoms with Crippen LogP contribution in [0.5, 0.6) is 0 Å². The highest BCUT2D eigenvalue weighted by atomic mass is 35.5. The molecule has 1 amide bonds. The number of carboxylic acid groups (broad SMARTS) is 1. The lowest BCUT2D eigenvalue weighted by molar-refractivity contribution is -0.134. The molecule has 0 unspecified atom stereocenters. The maximum absolute atomic E-state index is 12.2. The fourth-order valence-electron chi connectivity index (χ4n) is 3.55. The zero-order chi connectivity index (χ0) is 20.6. The highest BCUT2D eigenvalue weighted by Gasteiger charge is 2.17. The molecule has 1 aliphatic rings. The number of hydrogen-bond donors (Lipinski definition) is 3. The Labute approximate surface area is 175 Å². The van der Waals surface area contributed by atoms with Crippen molar-refractivity contribution in [2.75, 3.05) is 5.32 Å². The Morgan fingerprint density at radius 2 is 1.76 bits per heavy atom. The number of aliphatic carboxylic acids is 1. The van der Waals surface area contributed by atoms with Crippen LogP contribution in [0.2, 0.25) is 5.02 Å². The molecular weight excluding hydrogens is 388 g/mol. The summed E-state index contributed by atoms with van der Waals surface area (Å²) in [5.74, 6) is -0.809. The van der Waals surface area contributed by atoms with Gasteiger partial charge in [0.1, 0.15) is 5.70 Å². The second-order valence-electron chi connectivity index (χ2n) is 7.33. The molecule has 29 heavy (non-hydrogen) atoms.